The third-order valence-corrected chi connectivity index (χ3v) is 4.33. The molecule has 1 aromatic heterocycles. The zero-order valence-corrected chi connectivity index (χ0v) is 11.6. The number of aromatic nitrogens is 1. The van der Waals surface area contributed by atoms with Crippen LogP contribution in [-0.4, -0.2) is 30.4 Å². The zero-order chi connectivity index (χ0) is 14.7. The molecule has 0 spiro atoms. The first-order valence-electron chi connectivity index (χ1n) is 5.45. The summed E-state index contributed by atoms with van der Waals surface area (Å²) in [6, 6.07) is 0. The van der Waals surface area contributed by atoms with Gasteiger partial charge in [-0.2, -0.15) is 0 Å². The van der Waals surface area contributed by atoms with Gasteiger partial charge in [0.2, 0.25) is 0 Å². The molecule has 1 rings (SSSR count). The quantitative estimate of drug-likeness (QED) is 0.645. The molecule has 7 nitrogen and oxygen atoms in total. The Bertz CT molecular complexity index is 558. The van der Waals surface area contributed by atoms with E-state index in [0.29, 0.717) is 16.8 Å². The number of carbonyl (C=O) groups is 1. The minimum atomic E-state index is -1.67. The van der Waals surface area contributed by atoms with E-state index in [-0.39, 0.29) is 11.4 Å². The van der Waals surface area contributed by atoms with E-state index in [4.69, 9.17) is 5.11 Å². The minimum absolute atomic E-state index is 0.0648. The molecule has 0 aliphatic rings. The van der Waals surface area contributed by atoms with Gasteiger partial charge in [-0.05, 0) is 20.8 Å². The molecule has 0 aliphatic heterocycles. The lowest BCUT2D eigenvalue weighted by molar-refractivity contribution is -0.386. The van der Waals surface area contributed by atoms with Crippen molar-refractivity contribution in [3.63, 3.8) is 0 Å². The highest BCUT2D eigenvalue weighted by Gasteiger charge is 2.24. The Morgan fingerprint density at radius 3 is 2.63 bits per heavy atom. The summed E-state index contributed by atoms with van der Waals surface area (Å²) < 4.78 is 11.8. The van der Waals surface area contributed by atoms with Crippen LogP contribution >= 0.6 is 0 Å². The Balaban J connectivity index is 3.10. The third kappa shape index (κ3) is 3.34. The third-order valence-electron chi connectivity index (χ3n) is 2.78. The van der Waals surface area contributed by atoms with Crippen LogP contribution in [0.4, 0.5) is 5.69 Å². The van der Waals surface area contributed by atoms with Gasteiger partial charge >= 0.3 is 5.97 Å². The van der Waals surface area contributed by atoms with Gasteiger partial charge in [-0.25, -0.2) is 0 Å². The fraction of sp³-hybridized carbons (Fsp3) is 0.455. The van der Waals surface area contributed by atoms with Crippen LogP contribution in [0.5, 0.6) is 0 Å². The van der Waals surface area contributed by atoms with Gasteiger partial charge in [0, 0.05) is 28.1 Å². The maximum atomic E-state index is 11.8. The summed E-state index contributed by atoms with van der Waals surface area (Å²) in [5, 5.41) is 18.7. The summed E-state index contributed by atoms with van der Waals surface area (Å²) in [7, 11) is -1.67. The fourth-order valence-corrected chi connectivity index (χ4v) is 2.60. The molecule has 0 aromatic carbocycles. The van der Waals surface area contributed by atoms with E-state index in [1.165, 1.54) is 20.0 Å². The summed E-state index contributed by atoms with van der Waals surface area (Å²) in [4.78, 5) is 25.2. The monoisotopic (exact) mass is 286 g/mol. The minimum Gasteiger partial charge on any atom is -0.480 e. The maximum Gasteiger partial charge on any atom is 0.318 e. The number of nitro groups is 1. The number of carboxylic acid groups (broad SMARTS) is 1. The van der Waals surface area contributed by atoms with Gasteiger partial charge < -0.3 is 5.11 Å². The van der Waals surface area contributed by atoms with E-state index < -0.39 is 26.9 Å². The predicted molar refractivity (Wildman–Crippen MR) is 69.3 cm³/mol. The SMILES string of the molecule is Cc1cnc(CS(=O)C(C)C(=O)O)c(C)c1[N+](=O)[O-]. The largest absolute Gasteiger partial charge is 0.480 e. The predicted octanol–water partition coefficient (Wildman–Crippen LogP) is 1.33. The Morgan fingerprint density at radius 2 is 2.16 bits per heavy atom. The van der Waals surface area contributed by atoms with E-state index in [0.717, 1.165) is 0 Å². The van der Waals surface area contributed by atoms with Gasteiger partial charge in [-0.15, -0.1) is 0 Å². The first kappa shape index (κ1) is 15.2. The standard InChI is InChI=1S/C11H14N2O5S/c1-6-4-12-9(7(2)10(6)13(16)17)5-19(18)8(3)11(14)15/h4,8H,5H2,1-3H3,(H,14,15). The molecule has 0 radical (unpaired) electrons. The number of nitrogens with zero attached hydrogens (tertiary/aromatic N) is 2. The van der Waals surface area contributed by atoms with Gasteiger partial charge in [0.15, 0.2) is 0 Å². The fourth-order valence-electron chi connectivity index (χ4n) is 1.56. The molecule has 104 valence electrons. The van der Waals surface area contributed by atoms with Gasteiger partial charge in [0.05, 0.1) is 16.4 Å². The first-order valence-corrected chi connectivity index (χ1v) is 6.83. The Morgan fingerprint density at radius 1 is 1.58 bits per heavy atom. The molecule has 19 heavy (non-hydrogen) atoms. The van der Waals surface area contributed by atoms with E-state index >= 15 is 0 Å². The van der Waals surface area contributed by atoms with Gasteiger partial charge in [-0.3, -0.25) is 24.1 Å². The van der Waals surface area contributed by atoms with Gasteiger partial charge in [0.1, 0.15) is 5.25 Å². The van der Waals surface area contributed by atoms with Crippen LogP contribution in [0, 0.1) is 24.0 Å². The van der Waals surface area contributed by atoms with Crippen molar-refractivity contribution in [2.24, 2.45) is 0 Å². The van der Waals surface area contributed by atoms with Crippen molar-refractivity contribution in [2.45, 2.75) is 31.8 Å². The van der Waals surface area contributed by atoms with Gasteiger partial charge in [0.25, 0.3) is 5.69 Å². The Labute approximate surface area is 112 Å². The van der Waals surface area contributed by atoms with Crippen LogP contribution < -0.4 is 0 Å². The second kappa shape index (κ2) is 5.87. The molecule has 0 saturated carbocycles. The molecule has 0 amide bonds. The lowest BCUT2D eigenvalue weighted by Gasteiger charge is -2.09. The van der Waals surface area contributed by atoms with E-state index in [9.17, 15) is 19.1 Å². The van der Waals surface area contributed by atoms with Crippen LogP contribution in [0.1, 0.15) is 23.7 Å². The van der Waals surface area contributed by atoms with Crippen LogP contribution in [0.2, 0.25) is 0 Å². The van der Waals surface area contributed by atoms with E-state index in [1.54, 1.807) is 6.92 Å². The summed E-state index contributed by atoms with van der Waals surface area (Å²) in [6.07, 6.45) is 1.34. The Kier molecular flexibility index (Phi) is 4.71. The molecular weight excluding hydrogens is 272 g/mol. The lowest BCUT2D eigenvalue weighted by Crippen LogP contribution is -2.23. The molecule has 0 aliphatic carbocycles. The molecule has 1 aromatic rings. The number of pyridine rings is 1. The van der Waals surface area contributed by atoms with Crippen LogP contribution in [-0.2, 0) is 21.3 Å². The normalized spacial score (nSPS) is 13.8. The van der Waals surface area contributed by atoms with Crippen molar-refractivity contribution < 1.29 is 19.0 Å². The summed E-state index contributed by atoms with van der Waals surface area (Å²) >= 11 is 0. The average molecular weight is 286 g/mol. The highest BCUT2D eigenvalue weighted by atomic mass is 32.2. The van der Waals surface area contributed by atoms with Crippen LogP contribution in [0.15, 0.2) is 6.20 Å². The van der Waals surface area contributed by atoms with Crippen molar-refractivity contribution in [3.05, 3.63) is 33.1 Å². The molecule has 1 heterocycles. The van der Waals surface area contributed by atoms with Crippen molar-refractivity contribution in [2.75, 3.05) is 0 Å². The molecule has 0 bridgehead atoms. The van der Waals surface area contributed by atoms with Crippen LogP contribution in [0.25, 0.3) is 0 Å². The molecule has 8 heteroatoms. The number of rotatable bonds is 5. The highest BCUT2D eigenvalue weighted by molar-refractivity contribution is 7.85. The van der Waals surface area contributed by atoms with Crippen molar-refractivity contribution in [3.8, 4) is 0 Å². The van der Waals surface area contributed by atoms with Crippen molar-refractivity contribution in [1.82, 2.24) is 4.98 Å². The number of aliphatic carboxylic acids is 1. The summed E-state index contributed by atoms with van der Waals surface area (Å²) in [5.74, 6) is -1.28. The van der Waals surface area contributed by atoms with Crippen LogP contribution in [0.3, 0.4) is 0 Å². The molecule has 0 fully saturated rings. The maximum absolute atomic E-state index is 11.8. The smallest absolute Gasteiger partial charge is 0.318 e. The van der Waals surface area contributed by atoms with E-state index in [2.05, 4.69) is 4.98 Å². The van der Waals surface area contributed by atoms with Crippen molar-refractivity contribution in [1.29, 1.82) is 0 Å². The van der Waals surface area contributed by atoms with Gasteiger partial charge in [-0.1, -0.05) is 0 Å². The molecule has 1 N–H and O–H groups in total. The second-order valence-corrected chi connectivity index (χ2v) is 5.88. The Hall–Kier alpha value is -1.83. The average Bonchev–Trinajstić information content (AvgIpc) is 2.31. The topological polar surface area (TPSA) is 110 Å². The zero-order valence-electron chi connectivity index (χ0n) is 10.7. The molecule has 0 saturated heterocycles. The second-order valence-electron chi connectivity index (χ2n) is 4.12. The molecule has 2 atom stereocenters. The highest BCUT2D eigenvalue weighted by Crippen LogP contribution is 2.25. The van der Waals surface area contributed by atoms with Crippen molar-refractivity contribution >= 4 is 22.5 Å². The van der Waals surface area contributed by atoms with E-state index in [1.807, 2.05) is 0 Å². The number of aryl methyl sites for hydroxylation is 1. The number of carboxylic acids is 1. The molecular formula is C11H14N2O5S. The number of hydrogen-bond donors (Lipinski definition) is 1. The number of hydrogen-bond acceptors (Lipinski definition) is 5. The summed E-state index contributed by atoms with van der Waals surface area (Å²) in [5.41, 5.74) is 0.980. The summed E-state index contributed by atoms with van der Waals surface area (Å²) in [6.45, 7) is 4.42. The molecule has 2 unspecified atom stereocenters. The first-order chi connectivity index (χ1) is 8.75. The lowest BCUT2D eigenvalue weighted by atomic mass is 10.1.